The van der Waals surface area contributed by atoms with Crippen LogP contribution in [0, 0.1) is 19.3 Å². The Kier molecular flexibility index (Phi) is 5.15. The number of carbonyl (C=O) groups is 1. The van der Waals surface area contributed by atoms with Gasteiger partial charge in [0.1, 0.15) is 11.8 Å². The van der Waals surface area contributed by atoms with Crippen LogP contribution in [0.3, 0.4) is 0 Å². The van der Waals surface area contributed by atoms with Gasteiger partial charge in [-0.1, -0.05) is 67.9 Å². The summed E-state index contributed by atoms with van der Waals surface area (Å²) in [6.45, 7) is 9.81. The van der Waals surface area contributed by atoms with Crippen LogP contribution in [0.1, 0.15) is 61.4 Å². The molecule has 0 fully saturated rings. The van der Waals surface area contributed by atoms with Gasteiger partial charge >= 0.3 is 0 Å². The lowest BCUT2D eigenvalue weighted by Crippen LogP contribution is -2.22. The summed E-state index contributed by atoms with van der Waals surface area (Å²) in [7, 11) is 0. The molecule has 0 saturated heterocycles. The van der Waals surface area contributed by atoms with Gasteiger partial charge in [-0.25, -0.2) is 0 Å². The van der Waals surface area contributed by atoms with Gasteiger partial charge < -0.3 is 4.52 Å². The van der Waals surface area contributed by atoms with Crippen LogP contribution in [-0.4, -0.2) is 16.7 Å². The fourth-order valence-electron chi connectivity index (χ4n) is 3.86. The van der Waals surface area contributed by atoms with Crippen molar-refractivity contribution in [1.29, 1.82) is 0 Å². The highest BCUT2D eigenvalue weighted by atomic mass is 35.5. The molecule has 2 aromatic carbocycles. The Morgan fingerprint density at radius 1 is 1.07 bits per heavy atom. The van der Waals surface area contributed by atoms with Crippen molar-refractivity contribution in [3.8, 4) is 11.1 Å². The molecule has 1 aliphatic heterocycles. The second kappa shape index (κ2) is 7.51. The topological polar surface area (TPSA) is 55.5 Å². The van der Waals surface area contributed by atoms with Crippen molar-refractivity contribution in [3.63, 3.8) is 0 Å². The maximum Gasteiger partial charge on any atom is 0.169 e. The number of hydrogen-bond donors (Lipinski definition) is 0. The maximum absolute atomic E-state index is 12.9. The van der Waals surface area contributed by atoms with E-state index in [1.165, 1.54) is 0 Å². The number of fused-ring (bicyclic) bond motifs is 3. The number of ketones is 1. The van der Waals surface area contributed by atoms with Crippen molar-refractivity contribution in [2.24, 2.45) is 10.4 Å². The van der Waals surface area contributed by atoms with Crippen molar-refractivity contribution in [2.75, 3.05) is 0 Å². The molecule has 0 unspecified atom stereocenters. The zero-order valence-corrected chi connectivity index (χ0v) is 18.7. The van der Waals surface area contributed by atoms with Crippen molar-refractivity contribution in [1.82, 2.24) is 5.16 Å². The predicted octanol–water partition coefficient (Wildman–Crippen LogP) is 6.51. The Bertz CT molecular complexity index is 1150. The third kappa shape index (κ3) is 3.61. The summed E-state index contributed by atoms with van der Waals surface area (Å²) in [5, 5.41) is 4.90. The number of hydrogen-bond acceptors (Lipinski definition) is 4. The normalized spacial score (nSPS) is 15.8. The van der Waals surface area contributed by atoms with Crippen molar-refractivity contribution in [3.05, 3.63) is 75.6 Å². The van der Waals surface area contributed by atoms with Crippen LogP contribution in [0.4, 0.5) is 0 Å². The molecule has 0 saturated carbocycles. The first-order chi connectivity index (χ1) is 14.2. The Morgan fingerprint density at radius 3 is 2.43 bits per heavy atom. The molecule has 154 valence electrons. The van der Waals surface area contributed by atoms with Crippen LogP contribution >= 0.6 is 11.6 Å². The standard InChI is InChI=1S/C25H25ClN2O2/c1-14-7-6-8-18-21(14)23(16-9-11-17(26)12-10-16)27-19(13-20(29)25(3,4)5)24-22(18)15(2)28-30-24/h6-12,19H,13H2,1-5H3/t19-/m0/s1. The van der Waals surface area contributed by atoms with Crippen molar-refractivity contribution >= 4 is 23.1 Å². The van der Waals surface area contributed by atoms with E-state index in [9.17, 15) is 4.79 Å². The Balaban J connectivity index is 1.98. The Labute approximate surface area is 182 Å². The molecule has 3 aromatic rings. The lowest BCUT2D eigenvalue weighted by atomic mass is 9.86. The van der Waals surface area contributed by atoms with E-state index < -0.39 is 11.5 Å². The quantitative estimate of drug-likeness (QED) is 0.485. The van der Waals surface area contributed by atoms with Gasteiger partial charge in [0.15, 0.2) is 5.76 Å². The molecule has 0 N–H and O–H groups in total. The van der Waals surface area contributed by atoms with Crippen LogP contribution in [0.25, 0.3) is 11.1 Å². The number of Topliss-reactive ketones (excluding diaryl/α,β-unsaturated/α-hetero) is 1. The molecule has 0 radical (unpaired) electrons. The van der Waals surface area contributed by atoms with E-state index in [2.05, 4.69) is 24.2 Å². The molecular weight excluding hydrogens is 396 g/mol. The number of aromatic nitrogens is 1. The van der Waals surface area contributed by atoms with Crippen LogP contribution < -0.4 is 0 Å². The highest BCUT2D eigenvalue weighted by Gasteiger charge is 2.34. The molecule has 0 aliphatic carbocycles. The molecule has 4 rings (SSSR count). The average molecular weight is 421 g/mol. The predicted molar refractivity (Wildman–Crippen MR) is 120 cm³/mol. The summed E-state index contributed by atoms with van der Waals surface area (Å²) < 4.78 is 5.76. The number of nitrogens with zero attached hydrogens (tertiary/aromatic N) is 2. The number of halogens is 1. The number of carbonyl (C=O) groups excluding carboxylic acids is 1. The third-order valence-electron chi connectivity index (χ3n) is 5.59. The first kappa shape index (κ1) is 20.5. The molecule has 1 atom stereocenters. The minimum atomic E-state index is -0.458. The fraction of sp³-hybridized carbons (Fsp3) is 0.320. The van der Waals surface area contributed by atoms with Gasteiger partial charge in [-0.3, -0.25) is 9.79 Å². The Hall–Kier alpha value is -2.72. The van der Waals surface area contributed by atoms with E-state index in [0.29, 0.717) is 10.8 Å². The van der Waals surface area contributed by atoms with Gasteiger partial charge in [-0.05, 0) is 37.1 Å². The Morgan fingerprint density at radius 2 is 1.77 bits per heavy atom. The van der Waals surface area contributed by atoms with Gasteiger partial charge in [-0.2, -0.15) is 0 Å². The minimum Gasteiger partial charge on any atom is -0.358 e. The van der Waals surface area contributed by atoms with Gasteiger partial charge in [0.25, 0.3) is 0 Å². The summed E-state index contributed by atoms with van der Waals surface area (Å²) in [5.74, 6) is 0.787. The van der Waals surface area contributed by atoms with Crippen LogP contribution in [0.15, 0.2) is 52.0 Å². The second-order valence-corrected chi connectivity index (χ2v) is 9.32. The van der Waals surface area contributed by atoms with Gasteiger partial charge in [0.2, 0.25) is 0 Å². The molecule has 30 heavy (non-hydrogen) atoms. The average Bonchev–Trinajstić information content (AvgIpc) is 2.99. The minimum absolute atomic E-state index is 0.134. The highest BCUT2D eigenvalue weighted by Crippen LogP contribution is 2.42. The summed E-state index contributed by atoms with van der Waals surface area (Å²) in [4.78, 5) is 18.0. The molecule has 0 bridgehead atoms. The van der Waals surface area contributed by atoms with Gasteiger partial charge in [0.05, 0.1) is 17.0 Å². The lowest BCUT2D eigenvalue weighted by molar-refractivity contribution is -0.126. The number of aryl methyl sites for hydroxylation is 2. The first-order valence-corrected chi connectivity index (χ1v) is 10.5. The van der Waals surface area contributed by atoms with Crippen LogP contribution in [0.2, 0.25) is 5.02 Å². The fourth-order valence-corrected chi connectivity index (χ4v) is 3.98. The number of rotatable bonds is 3. The first-order valence-electron chi connectivity index (χ1n) is 10.1. The molecular formula is C25H25ClN2O2. The number of aliphatic imine (C=N–C) groups is 1. The summed E-state index contributed by atoms with van der Waals surface area (Å²) in [5.41, 5.74) is 6.26. The van der Waals surface area contributed by atoms with E-state index >= 15 is 0 Å². The van der Waals surface area contributed by atoms with Crippen molar-refractivity contribution in [2.45, 2.75) is 47.1 Å². The highest BCUT2D eigenvalue weighted by molar-refractivity contribution is 6.30. The summed E-state index contributed by atoms with van der Waals surface area (Å²) >= 11 is 6.13. The number of benzene rings is 2. The second-order valence-electron chi connectivity index (χ2n) is 8.88. The maximum atomic E-state index is 12.9. The van der Waals surface area contributed by atoms with E-state index in [1.807, 2.05) is 58.0 Å². The van der Waals surface area contributed by atoms with Gasteiger partial charge in [0, 0.05) is 28.0 Å². The van der Waals surface area contributed by atoms with Crippen LogP contribution in [-0.2, 0) is 4.79 Å². The van der Waals surface area contributed by atoms with E-state index in [0.717, 1.165) is 39.2 Å². The molecule has 1 aliphatic rings. The largest absolute Gasteiger partial charge is 0.358 e. The lowest BCUT2D eigenvalue weighted by Gasteiger charge is -2.19. The monoisotopic (exact) mass is 420 g/mol. The SMILES string of the molecule is Cc1cccc2c1C(c1ccc(Cl)cc1)=N[C@@H](CC(=O)C(C)(C)C)c1onc(C)c1-2. The van der Waals surface area contributed by atoms with Gasteiger partial charge in [-0.15, -0.1) is 0 Å². The molecule has 4 nitrogen and oxygen atoms in total. The van der Waals surface area contributed by atoms with Crippen LogP contribution in [0.5, 0.6) is 0 Å². The molecule has 2 heterocycles. The zero-order chi connectivity index (χ0) is 21.6. The van der Waals surface area contributed by atoms with E-state index in [-0.39, 0.29) is 12.2 Å². The van der Waals surface area contributed by atoms with Crippen molar-refractivity contribution < 1.29 is 9.32 Å². The molecule has 0 amide bonds. The third-order valence-corrected chi connectivity index (χ3v) is 5.84. The van der Waals surface area contributed by atoms with E-state index in [4.69, 9.17) is 21.1 Å². The molecule has 1 aromatic heterocycles. The summed E-state index contributed by atoms with van der Waals surface area (Å²) in [6.07, 6.45) is 0.259. The zero-order valence-electron chi connectivity index (χ0n) is 17.9. The van der Waals surface area contributed by atoms with E-state index in [1.54, 1.807) is 0 Å². The summed E-state index contributed by atoms with van der Waals surface area (Å²) in [6, 6.07) is 13.4. The smallest absolute Gasteiger partial charge is 0.169 e. The molecule has 0 spiro atoms. The molecule has 5 heteroatoms.